The molecule has 1 fully saturated rings. The van der Waals surface area contributed by atoms with Crippen LogP contribution in [0, 0.1) is 0 Å². The fourth-order valence-corrected chi connectivity index (χ4v) is 2.39. The third-order valence-corrected chi connectivity index (χ3v) is 3.40. The molecule has 98 valence electrons. The Labute approximate surface area is 114 Å². The first-order valence-corrected chi connectivity index (χ1v) is 6.85. The number of benzene rings is 2. The van der Waals surface area contributed by atoms with Crippen molar-refractivity contribution >= 4 is 0 Å². The molecule has 0 spiro atoms. The summed E-state index contributed by atoms with van der Waals surface area (Å²) in [7, 11) is 0. The van der Waals surface area contributed by atoms with E-state index in [0.29, 0.717) is 6.04 Å². The van der Waals surface area contributed by atoms with Crippen LogP contribution in [0.25, 0.3) is 0 Å². The van der Waals surface area contributed by atoms with Crippen LogP contribution in [0.1, 0.15) is 11.1 Å². The van der Waals surface area contributed by atoms with E-state index in [1.54, 1.807) is 0 Å². The SMILES string of the molecule is c1ccc(CC(Cc2ccccc2)N[C@@H]2CO2)cc1. The molecule has 2 nitrogen and oxygen atoms in total. The first-order valence-electron chi connectivity index (χ1n) is 6.85. The zero-order chi connectivity index (χ0) is 12.9. The van der Waals surface area contributed by atoms with Crippen LogP contribution in [0.5, 0.6) is 0 Å². The van der Waals surface area contributed by atoms with E-state index in [0.717, 1.165) is 19.4 Å². The molecule has 2 heteroatoms. The van der Waals surface area contributed by atoms with Crippen LogP contribution in [-0.2, 0) is 17.6 Å². The van der Waals surface area contributed by atoms with Gasteiger partial charge < -0.3 is 4.74 Å². The van der Waals surface area contributed by atoms with E-state index in [4.69, 9.17) is 4.74 Å². The third-order valence-electron chi connectivity index (χ3n) is 3.40. The van der Waals surface area contributed by atoms with Crippen molar-refractivity contribution in [3.63, 3.8) is 0 Å². The Hall–Kier alpha value is -1.64. The van der Waals surface area contributed by atoms with Gasteiger partial charge in [-0.2, -0.15) is 0 Å². The van der Waals surface area contributed by atoms with E-state index in [1.807, 2.05) is 0 Å². The molecule has 0 aromatic heterocycles. The van der Waals surface area contributed by atoms with Gasteiger partial charge in [-0.05, 0) is 24.0 Å². The quantitative estimate of drug-likeness (QED) is 0.801. The summed E-state index contributed by atoms with van der Waals surface area (Å²) >= 11 is 0. The molecule has 1 N–H and O–H groups in total. The largest absolute Gasteiger partial charge is 0.357 e. The molecule has 1 saturated heterocycles. The Morgan fingerprint density at radius 1 is 0.895 bits per heavy atom. The van der Waals surface area contributed by atoms with Crippen molar-refractivity contribution in [2.75, 3.05) is 6.61 Å². The molecular formula is C17H19NO. The molecule has 3 rings (SSSR count). The van der Waals surface area contributed by atoms with Crippen molar-refractivity contribution in [3.05, 3.63) is 71.8 Å². The number of ether oxygens (including phenoxy) is 1. The lowest BCUT2D eigenvalue weighted by Crippen LogP contribution is -2.35. The minimum Gasteiger partial charge on any atom is -0.357 e. The predicted octanol–water partition coefficient (Wildman–Crippen LogP) is 2.79. The molecule has 1 atom stereocenters. The molecule has 1 heterocycles. The first kappa shape index (κ1) is 12.4. The number of hydrogen-bond acceptors (Lipinski definition) is 2. The fourth-order valence-electron chi connectivity index (χ4n) is 2.39. The van der Waals surface area contributed by atoms with Crippen LogP contribution >= 0.6 is 0 Å². The lowest BCUT2D eigenvalue weighted by Gasteiger charge is -2.18. The lowest BCUT2D eigenvalue weighted by molar-refractivity contribution is 0.337. The minimum absolute atomic E-state index is 0.262. The van der Waals surface area contributed by atoms with Crippen LogP contribution in [0.2, 0.25) is 0 Å². The van der Waals surface area contributed by atoms with Crippen LogP contribution < -0.4 is 5.32 Å². The van der Waals surface area contributed by atoms with E-state index >= 15 is 0 Å². The zero-order valence-electron chi connectivity index (χ0n) is 11.0. The smallest absolute Gasteiger partial charge is 0.132 e. The number of epoxide rings is 1. The Morgan fingerprint density at radius 2 is 1.37 bits per heavy atom. The van der Waals surface area contributed by atoms with E-state index < -0.39 is 0 Å². The second kappa shape index (κ2) is 6.00. The van der Waals surface area contributed by atoms with Gasteiger partial charge in [0.05, 0.1) is 6.61 Å². The number of hydrogen-bond donors (Lipinski definition) is 1. The average molecular weight is 253 g/mol. The first-order chi connectivity index (χ1) is 9.40. The van der Waals surface area contributed by atoms with Crippen LogP contribution in [0.15, 0.2) is 60.7 Å². The Kier molecular flexibility index (Phi) is 3.92. The highest BCUT2D eigenvalue weighted by Gasteiger charge is 2.25. The highest BCUT2D eigenvalue weighted by Crippen LogP contribution is 2.13. The molecule has 0 aliphatic carbocycles. The topological polar surface area (TPSA) is 24.6 Å². The van der Waals surface area contributed by atoms with Crippen molar-refractivity contribution in [2.45, 2.75) is 25.1 Å². The van der Waals surface area contributed by atoms with Gasteiger partial charge in [-0.25, -0.2) is 0 Å². The monoisotopic (exact) mass is 253 g/mol. The summed E-state index contributed by atoms with van der Waals surface area (Å²) in [5.74, 6) is 0. The lowest BCUT2D eigenvalue weighted by atomic mass is 9.99. The maximum Gasteiger partial charge on any atom is 0.132 e. The van der Waals surface area contributed by atoms with Gasteiger partial charge in [-0.15, -0.1) is 0 Å². The molecule has 0 saturated carbocycles. The van der Waals surface area contributed by atoms with Crippen molar-refractivity contribution in [1.29, 1.82) is 0 Å². The molecule has 2 aromatic carbocycles. The highest BCUT2D eigenvalue weighted by molar-refractivity contribution is 5.19. The van der Waals surface area contributed by atoms with Crippen LogP contribution in [0.4, 0.5) is 0 Å². The van der Waals surface area contributed by atoms with Crippen molar-refractivity contribution in [1.82, 2.24) is 5.32 Å². The molecule has 1 aliphatic heterocycles. The summed E-state index contributed by atoms with van der Waals surface area (Å²) in [5.41, 5.74) is 2.74. The number of rotatable bonds is 6. The summed E-state index contributed by atoms with van der Waals surface area (Å²) < 4.78 is 5.30. The fraction of sp³-hybridized carbons (Fsp3) is 0.294. The third kappa shape index (κ3) is 3.91. The molecule has 0 bridgehead atoms. The molecule has 0 unspecified atom stereocenters. The standard InChI is InChI=1S/C17H19NO/c1-3-7-14(8-4-1)11-16(18-17-13-19-17)12-15-9-5-2-6-10-15/h1-10,16-18H,11-13H2/t17-/m0/s1. The summed E-state index contributed by atoms with van der Waals surface area (Å²) in [5, 5.41) is 3.57. The Balaban J connectivity index is 1.66. The molecular weight excluding hydrogens is 234 g/mol. The van der Waals surface area contributed by atoms with E-state index in [9.17, 15) is 0 Å². The van der Waals surface area contributed by atoms with Gasteiger partial charge in [0.25, 0.3) is 0 Å². The maximum absolute atomic E-state index is 5.30. The van der Waals surface area contributed by atoms with Gasteiger partial charge in [-0.1, -0.05) is 60.7 Å². The van der Waals surface area contributed by atoms with Crippen LogP contribution in [0.3, 0.4) is 0 Å². The second-order valence-corrected chi connectivity index (χ2v) is 5.07. The summed E-state index contributed by atoms with van der Waals surface area (Å²) in [6.45, 7) is 0.847. The van der Waals surface area contributed by atoms with E-state index in [-0.39, 0.29) is 6.23 Å². The second-order valence-electron chi connectivity index (χ2n) is 5.07. The maximum atomic E-state index is 5.30. The van der Waals surface area contributed by atoms with Crippen molar-refractivity contribution < 1.29 is 4.74 Å². The molecule has 2 aromatic rings. The van der Waals surface area contributed by atoms with Gasteiger partial charge in [-0.3, -0.25) is 5.32 Å². The van der Waals surface area contributed by atoms with Gasteiger partial charge in [0, 0.05) is 6.04 Å². The van der Waals surface area contributed by atoms with E-state index in [2.05, 4.69) is 66.0 Å². The summed E-state index contributed by atoms with van der Waals surface area (Å²) in [6, 6.07) is 21.7. The van der Waals surface area contributed by atoms with Gasteiger partial charge >= 0.3 is 0 Å². The molecule has 0 amide bonds. The number of nitrogens with one attached hydrogen (secondary N) is 1. The predicted molar refractivity (Wildman–Crippen MR) is 77.0 cm³/mol. The van der Waals surface area contributed by atoms with Gasteiger partial charge in [0.1, 0.15) is 6.23 Å². The minimum atomic E-state index is 0.262. The Bertz CT molecular complexity index is 452. The summed E-state index contributed by atoms with van der Waals surface area (Å²) in [6.07, 6.45) is 2.34. The van der Waals surface area contributed by atoms with Gasteiger partial charge in [0.15, 0.2) is 0 Å². The Morgan fingerprint density at radius 3 is 1.79 bits per heavy atom. The zero-order valence-corrected chi connectivity index (χ0v) is 11.0. The molecule has 19 heavy (non-hydrogen) atoms. The van der Waals surface area contributed by atoms with Gasteiger partial charge in [0.2, 0.25) is 0 Å². The molecule has 1 aliphatic rings. The highest BCUT2D eigenvalue weighted by atomic mass is 16.6. The summed E-state index contributed by atoms with van der Waals surface area (Å²) in [4.78, 5) is 0. The average Bonchev–Trinajstić information content (AvgIpc) is 3.25. The van der Waals surface area contributed by atoms with Crippen molar-refractivity contribution in [2.24, 2.45) is 0 Å². The van der Waals surface area contributed by atoms with Crippen molar-refractivity contribution in [3.8, 4) is 0 Å². The van der Waals surface area contributed by atoms with Crippen LogP contribution in [-0.4, -0.2) is 18.9 Å². The normalized spacial score (nSPS) is 17.6. The molecule has 0 radical (unpaired) electrons. The van der Waals surface area contributed by atoms with E-state index in [1.165, 1.54) is 11.1 Å².